The second-order valence-corrected chi connectivity index (χ2v) is 8.68. The number of nitrogens with zero attached hydrogens (tertiary/aromatic N) is 1. The molecule has 4 heteroatoms. The van der Waals surface area contributed by atoms with Crippen molar-refractivity contribution in [3.8, 4) is 0 Å². The van der Waals surface area contributed by atoms with Crippen LogP contribution in [0.25, 0.3) is 6.08 Å². The number of amides is 2. The molecule has 33 heavy (non-hydrogen) atoms. The van der Waals surface area contributed by atoms with Gasteiger partial charge in [-0.25, -0.2) is 0 Å². The van der Waals surface area contributed by atoms with Crippen LogP contribution in [0.15, 0.2) is 97.1 Å². The summed E-state index contributed by atoms with van der Waals surface area (Å²) < 4.78 is 0. The molecule has 1 saturated heterocycles. The van der Waals surface area contributed by atoms with Crippen LogP contribution >= 0.6 is 0 Å². The number of carbonyl (C=O) groups excluding carboxylic acids is 2. The minimum absolute atomic E-state index is 0.00291. The van der Waals surface area contributed by atoms with E-state index in [0.29, 0.717) is 38.9 Å². The van der Waals surface area contributed by atoms with E-state index in [1.807, 2.05) is 89.8 Å². The van der Waals surface area contributed by atoms with E-state index < -0.39 is 5.41 Å². The van der Waals surface area contributed by atoms with Crippen molar-refractivity contribution in [2.24, 2.45) is 5.41 Å². The molecule has 1 N–H and O–H groups in total. The molecule has 2 amide bonds. The summed E-state index contributed by atoms with van der Waals surface area (Å²) in [6.45, 7) is 1.66. The Morgan fingerprint density at radius 2 is 1.33 bits per heavy atom. The molecule has 4 nitrogen and oxygen atoms in total. The number of likely N-dealkylation sites (tertiary alicyclic amines) is 1. The Labute approximate surface area is 195 Å². The quantitative estimate of drug-likeness (QED) is 0.535. The standard InChI is InChI=1S/C29H30N2O2/c32-27(17-16-24-10-4-1-5-11-24)31-20-18-29(19-21-31,22-25-12-6-2-7-13-25)28(33)30-23-26-14-8-3-9-15-26/h1-17H,18-23H2,(H,30,33)/b17-16+. The monoisotopic (exact) mass is 438 g/mol. The van der Waals surface area contributed by atoms with Gasteiger partial charge >= 0.3 is 0 Å². The maximum Gasteiger partial charge on any atom is 0.246 e. The van der Waals surface area contributed by atoms with E-state index in [4.69, 9.17) is 0 Å². The second-order valence-electron chi connectivity index (χ2n) is 8.68. The number of carbonyl (C=O) groups is 2. The first-order valence-electron chi connectivity index (χ1n) is 11.5. The number of hydrogen-bond donors (Lipinski definition) is 1. The van der Waals surface area contributed by atoms with Crippen molar-refractivity contribution in [3.05, 3.63) is 114 Å². The van der Waals surface area contributed by atoms with Gasteiger partial charge in [0.15, 0.2) is 0 Å². The van der Waals surface area contributed by atoms with Crippen molar-refractivity contribution >= 4 is 17.9 Å². The van der Waals surface area contributed by atoms with Crippen molar-refractivity contribution < 1.29 is 9.59 Å². The lowest BCUT2D eigenvalue weighted by molar-refractivity contribution is -0.138. The fourth-order valence-electron chi connectivity index (χ4n) is 4.43. The Kier molecular flexibility index (Phi) is 7.36. The van der Waals surface area contributed by atoms with Crippen molar-refractivity contribution in [1.82, 2.24) is 10.2 Å². The maximum absolute atomic E-state index is 13.5. The van der Waals surface area contributed by atoms with E-state index in [9.17, 15) is 9.59 Å². The molecule has 1 heterocycles. The molecule has 0 aliphatic carbocycles. The molecule has 1 fully saturated rings. The highest BCUT2D eigenvalue weighted by Gasteiger charge is 2.41. The Bertz CT molecular complexity index is 1070. The Morgan fingerprint density at radius 1 is 0.788 bits per heavy atom. The number of hydrogen-bond acceptors (Lipinski definition) is 2. The summed E-state index contributed by atoms with van der Waals surface area (Å²) in [5.74, 6) is 0.0685. The number of nitrogens with one attached hydrogen (secondary N) is 1. The van der Waals surface area contributed by atoms with Crippen molar-refractivity contribution in [2.45, 2.75) is 25.8 Å². The predicted octanol–water partition coefficient (Wildman–Crippen LogP) is 4.87. The molecule has 1 aliphatic rings. The first kappa shape index (κ1) is 22.5. The molecular formula is C29H30N2O2. The van der Waals surface area contributed by atoms with Gasteiger partial charge in [-0.3, -0.25) is 9.59 Å². The van der Waals surface area contributed by atoms with Crippen LogP contribution in [-0.2, 0) is 22.6 Å². The molecule has 0 radical (unpaired) electrons. The van der Waals surface area contributed by atoms with Crippen LogP contribution in [0.2, 0.25) is 0 Å². The van der Waals surface area contributed by atoms with Gasteiger partial charge in [-0.2, -0.15) is 0 Å². The lowest BCUT2D eigenvalue weighted by Crippen LogP contribution is -2.51. The molecule has 0 unspecified atom stereocenters. The van der Waals surface area contributed by atoms with Crippen molar-refractivity contribution in [1.29, 1.82) is 0 Å². The molecular weight excluding hydrogens is 408 g/mol. The minimum atomic E-state index is -0.518. The minimum Gasteiger partial charge on any atom is -0.352 e. The van der Waals surface area contributed by atoms with Crippen LogP contribution < -0.4 is 5.32 Å². The van der Waals surface area contributed by atoms with Gasteiger partial charge in [0.25, 0.3) is 0 Å². The zero-order valence-corrected chi connectivity index (χ0v) is 18.8. The molecule has 0 saturated carbocycles. The lowest BCUT2D eigenvalue weighted by Gasteiger charge is -2.40. The molecule has 4 rings (SSSR count). The first-order valence-corrected chi connectivity index (χ1v) is 11.5. The summed E-state index contributed by atoms with van der Waals surface area (Å²) in [5, 5.41) is 3.16. The second kappa shape index (κ2) is 10.8. The van der Waals surface area contributed by atoms with Crippen molar-refractivity contribution in [3.63, 3.8) is 0 Å². The predicted molar refractivity (Wildman–Crippen MR) is 132 cm³/mol. The van der Waals surface area contributed by atoms with Crippen LogP contribution in [0, 0.1) is 5.41 Å². The number of benzene rings is 3. The molecule has 0 spiro atoms. The van der Waals surface area contributed by atoms with E-state index in [2.05, 4.69) is 17.4 Å². The summed E-state index contributed by atoms with van der Waals surface area (Å²) in [4.78, 5) is 28.1. The van der Waals surface area contributed by atoms with Gasteiger partial charge in [-0.05, 0) is 42.0 Å². The summed E-state index contributed by atoms with van der Waals surface area (Å²) in [7, 11) is 0. The SMILES string of the molecule is O=C(/C=C/c1ccccc1)N1CCC(Cc2ccccc2)(C(=O)NCc2ccccc2)CC1. The number of piperidine rings is 1. The van der Waals surface area contributed by atoms with Crippen LogP contribution in [0.4, 0.5) is 0 Å². The highest BCUT2D eigenvalue weighted by atomic mass is 16.2. The fraction of sp³-hybridized carbons (Fsp3) is 0.241. The Hall–Kier alpha value is -3.66. The van der Waals surface area contributed by atoms with Gasteiger partial charge in [0, 0.05) is 25.7 Å². The summed E-state index contributed by atoms with van der Waals surface area (Å²) in [6.07, 6.45) is 5.45. The number of rotatable bonds is 7. The smallest absolute Gasteiger partial charge is 0.246 e. The van der Waals surface area contributed by atoms with Gasteiger partial charge in [-0.15, -0.1) is 0 Å². The lowest BCUT2D eigenvalue weighted by atomic mass is 9.73. The third-order valence-corrected chi connectivity index (χ3v) is 6.41. The molecule has 1 aliphatic heterocycles. The summed E-state index contributed by atoms with van der Waals surface area (Å²) >= 11 is 0. The summed E-state index contributed by atoms with van der Waals surface area (Å²) in [5.41, 5.74) is 2.72. The molecule has 0 aromatic heterocycles. The maximum atomic E-state index is 13.5. The van der Waals surface area contributed by atoms with Gasteiger partial charge in [0.1, 0.15) is 0 Å². The third-order valence-electron chi connectivity index (χ3n) is 6.41. The normalized spacial score (nSPS) is 15.3. The average Bonchev–Trinajstić information content (AvgIpc) is 2.88. The van der Waals surface area contributed by atoms with Gasteiger partial charge in [0.2, 0.25) is 11.8 Å². The van der Waals surface area contributed by atoms with Gasteiger partial charge in [0.05, 0.1) is 5.41 Å². The topological polar surface area (TPSA) is 49.4 Å². The molecule has 3 aromatic rings. The zero-order valence-electron chi connectivity index (χ0n) is 18.8. The molecule has 0 atom stereocenters. The highest BCUT2D eigenvalue weighted by molar-refractivity contribution is 5.92. The average molecular weight is 439 g/mol. The van der Waals surface area contributed by atoms with E-state index in [1.54, 1.807) is 6.08 Å². The van der Waals surface area contributed by atoms with Gasteiger partial charge in [-0.1, -0.05) is 91.0 Å². The van der Waals surface area contributed by atoms with Crippen LogP contribution in [0.3, 0.4) is 0 Å². The van der Waals surface area contributed by atoms with E-state index in [0.717, 1.165) is 16.7 Å². The van der Waals surface area contributed by atoms with E-state index in [-0.39, 0.29) is 11.8 Å². The molecule has 168 valence electrons. The van der Waals surface area contributed by atoms with Crippen LogP contribution in [0.5, 0.6) is 0 Å². The third kappa shape index (κ3) is 5.98. The highest BCUT2D eigenvalue weighted by Crippen LogP contribution is 2.36. The van der Waals surface area contributed by atoms with Crippen molar-refractivity contribution in [2.75, 3.05) is 13.1 Å². The summed E-state index contributed by atoms with van der Waals surface area (Å²) in [6, 6.07) is 30.0. The van der Waals surface area contributed by atoms with E-state index in [1.165, 1.54) is 0 Å². The first-order chi connectivity index (χ1) is 16.1. The molecule has 3 aromatic carbocycles. The molecule has 0 bridgehead atoms. The Balaban J connectivity index is 1.44. The van der Waals surface area contributed by atoms with Crippen LogP contribution in [0.1, 0.15) is 29.5 Å². The largest absolute Gasteiger partial charge is 0.352 e. The van der Waals surface area contributed by atoms with Gasteiger partial charge < -0.3 is 10.2 Å². The zero-order chi connectivity index (χ0) is 22.9. The van der Waals surface area contributed by atoms with Crippen LogP contribution in [-0.4, -0.2) is 29.8 Å². The fourth-order valence-corrected chi connectivity index (χ4v) is 4.43. The Morgan fingerprint density at radius 3 is 1.94 bits per heavy atom. The van der Waals surface area contributed by atoms with E-state index >= 15 is 0 Å².